The molecule has 0 saturated heterocycles. The minimum Gasteiger partial charge on any atom is -0.480 e. The third kappa shape index (κ3) is 4.24. The molecule has 7 heteroatoms. The van der Waals surface area contributed by atoms with Crippen LogP contribution in [0.4, 0.5) is 5.69 Å². The fraction of sp³-hybridized carbons (Fsp3) is 0.263. The average molecular weight is 352 g/mol. The molecule has 0 aliphatic carbocycles. The van der Waals surface area contributed by atoms with Gasteiger partial charge in [-0.05, 0) is 17.7 Å². The van der Waals surface area contributed by atoms with Gasteiger partial charge in [-0.15, -0.1) is 0 Å². The highest BCUT2D eigenvalue weighted by Gasteiger charge is 2.22. The number of amides is 2. The SMILES string of the molecule is COc1ncccc1NC(=O)CCC(=O)N1CCC(c2ccccc2)=N1. The number of rotatable bonds is 6. The Balaban J connectivity index is 1.53. The molecule has 1 N–H and O–H groups in total. The molecule has 1 aliphatic heterocycles. The molecule has 0 radical (unpaired) electrons. The number of anilines is 1. The minimum absolute atomic E-state index is 0.0730. The molecule has 2 aromatic rings. The molecule has 134 valence electrons. The first-order valence-corrected chi connectivity index (χ1v) is 8.39. The molecule has 0 bridgehead atoms. The Hall–Kier alpha value is -3.22. The third-order valence-corrected chi connectivity index (χ3v) is 4.00. The number of hydrogen-bond donors (Lipinski definition) is 1. The zero-order chi connectivity index (χ0) is 18.4. The number of carbonyl (C=O) groups excluding carboxylic acids is 2. The highest BCUT2D eigenvalue weighted by molar-refractivity contribution is 6.02. The standard InChI is InChI=1S/C19H20N4O3/c1-26-19-16(8-5-12-20-19)21-17(24)9-10-18(25)23-13-11-15(22-23)14-6-3-2-4-7-14/h2-8,12H,9-11,13H2,1H3,(H,21,24). The first-order valence-electron chi connectivity index (χ1n) is 8.39. The number of methoxy groups -OCH3 is 1. The fourth-order valence-electron chi connectivity index (χ4n) is 2.68. The molecule has 1 aliphatic rings. The Kier molecular flexibility index (Phi) is 5.58. The van der Waals surface area contributed by atoms with E-state index in [4.69, 9.17) is 4.74 Å². The molecule has 0 unspecified atom stereocenters. The van der Waals surface area contributed by atoms with Crippen LogP contribution in [-0.2, 0) is 9.59 Å². The number of nitrogens with one attached hydrogen (secondary N) is 1. The number of hydrazone groups is 1. The van der Waals surface area contributed by atoms with E-state index in [1.54, 1.807) is 18.3 Å². The predicted molar refractivity (Wildman–Crippen MR) is 98.0 cm³/mol. The lowest BCUT2D eigenvalue weighted by atomic mass is 10.1. The molecule has 2 amide bonds. The summed E-state index contributed by atoms with van der Waals surface area (Å²) in [6.45, 7) is 0.543. The fourth-order valence-corrected chi connectivity index (χ4v) is 2.68. The molecule has 0 spiro atoms. The van der Waals surface area contributed by atoms with Crippen LogP contribution >= 0.6 is 0 Å². The Bertz CT molecular complexity index is 821. The average Bonchev–Trinajstić information content (AvgIpc) is 3.17. The number of hydrogen-bond acceptors (Lipinski definition) is 5. The summed E-state index contributed by atoms with van der Waals surface area (Å²) in [5.41, 5.74) is 2.39. The maximum absolute atomic E-state index is 12.3. The van der Waals surface area contributed by atoms with E-state index in [1.807, 2.05) is 30.3 Å². The van der Waals surface area contributed by atoms with Gasteiger partial charge in [0.15, 0.2) is 0 Å². The van der Waals surface area contributed by atoms with Gasteiger partial charge in [0.1, 0.15) is 5.69 Å². The molecule has 3 rings (SSSR count). The van der Waals surface area contributed by atoms with Crippen molar-refractivity contribution in [2.45, 2.75) is 19.3 Å². The van der Waals surface area contributed by atoms with Crippen molar-refractivity contribution in [2.24, 2.45) is 5.10 Å². The van der Waals surface area contributed by atoms with E-state index in [0.717, 1.165) is 17.7 Å². The quantitative estimate of drug-likeness (QED) is 0.865. The summed E-state index contributed by atoms with van der Waals surface area (Å²) >= 11 is 0. The molecular formula is C19H20N4O3. The van der Waals surface area contributed by atoms with Crippen molar-refractivity contribution in [1.29, 1.82) is 0 Å². The van der Waals surface area contributed by atoms with Gasteiger partial charge < -0.3 is 10.1 Å². The molecule has 1 aromatic heterocycles. The van der Waals surface area contributed by atoms with E-state index >= 15 is 0 Å². The van der Waals surface area contributed by atoms with Crippen LogP contribution in [0.15, 0.2) is 53.8 Å². The topological polar surface area (TPSA) is 83.9 Å². The van der Waals surface area contributed by atoms with Gasteiger partial charge in [-0.2, -0.15) is 5.10 Å². The van der Waals surface area contributed by atoms with Gasteiger partial charge in [-0.25, -0.2) is 9.99 Å². The second-order valence-electron chi connectivity index (χ2n) is 5.79. The number of aromatic nitrogens is 1. The van der Waals surface area contributed by atoms with Gasteiger partial charge in [0, 0.05) is 25.5 Å². The Morgan fingerprint density at radius 3 is 2.73 bits per heavy atom. The van der Waals surface area contributed by atoms with E-state index in [1.165, 1.54) is 12.1 Å². The number of benzene rings is 1. The first-order chi connectivity index (χ1) is 12.7. The van der Waals surface area contributed by atoms with Crippen molar-refractivity contribution in [3.63, 3.8) is 0 Å². The van der Waals surface area contributed by atoms with Crippen LogP contribution < -0.4 is 10.1 Å². The summed E-state index contributed by atoms with van der Waals surface area (Å²) in [7, 11) is 1.48. The summed E-state index contributed by atoms with van der Waals surface area (Å²) in [6, 6.07) is 13.2. The molecule has 7 nitrogen and oxygen atoms in total. The van der Waals surface area contributed by atoms with Gasteiger partial charge in [-0.3, -0.25) is 9.59 Å². The Morgan fingerprint density at radius 2 is 1.96 bits per heavy atom. The monoisotopic (exact) mass is 352 g/mol. The van der Waals surface area contributed by atoms with E-state index < -0.39 is 0 Å². The van der Waals surface area contributed by atoms with Crippen LogP contribution in [0.1, 0.15) is 24.8 Å². The summed E-state index contributed by atoms with van der Waals surface area (Å²) in [4.78, 5) is 28.4. The Labute approximate surface area is 151 Å². The highest BCUT2D eigenvalue weighted by atomic mass is 16.5. The molecule has 0 atom stereocenters. The van der Waals surface area contributed by atoms with Crippen molar-refractivity contribution in [3.05, 3.63) is 54.2 Å². The van der Waals surface area contributed by atoms with E-state index in [2.05, 4.69) is 15.4 Å². The van der Waals surface area contributed by atoms with Crippen molar-refractivity contribution >= 4 is 23.2 Å². The van der Waals surface area contributed by atoms with Crippen molar-refractivity contribution in [1.82, 2.24) is 9.99 Å². The smallest absolute Gasteiger partial charge is 0.243 e. The zero-order valence-electron chi connectivity index (χ0n) is 14.5. The summed E-state index contributed by atoms with van der Waals surface area (Å²) in [6.07, 6.45) is 2.46. The maximum Gasteiger partial charge on any atom is 0.243 e. The summed E-state index contributed by atoms with van der Waals surface area (Å²) < 4.78 is 5.09. The van der Waals surface area contributed by atoms with Crippen LogP contribution in [0, 0.1) is 0 Å². The molecule has 2 heterocycles. The van der Waals surface area contributed by atoms with E-state index in [0.29, 0.717) is 18.1 Å². The van der Waals surface area contributed by atoms with Gasteiger partial charge >= 0.3 is 0 Å². The van der Waals surface area contributed by atoms with Crippen LogP contribution in [-0.4, -0.2) is 41.2 Å². The van der Waals surface area contributed by atoms with Gasteiger partial charge in [0.05, 0.1) is 19.4 Å². The lowest BCUT2D eigenvalue weighted by Crippen LogP contribution is -2.25. The molecule has 26 heavy (non-hydrogen) atoms. The van der Waals surface area contributed by atoms with Gasteiger partial charge in [0.2, 0.25) is 17.7 Å². The normalized spacial score (nSPS) is 13.3. The van der Waals surface area contributed by atoms with Crippen LogP contribution in [0.25, 0.3) is 0 Å². The minimum atomic E-state index is -0.267. The van der Waals surface area contributed by atoms with Gasteiger partial charge in [0.25, 0.3) is 0 Å². The van der Waals surface area contributed by atoms with E-state index in [-0.39, 0.29) is 24.7 Å². The molecular weight excluding hydrogens is 332 g/mol. The summed E-state index contributed by atoms with van der Waals surface area (Å²) in [5.74, 6) is -0.0934. The lowest BCUT2D eigenvalue weighted by molar-refractivity contribution is -0.132. The van der Waals surface area contributed by atoms with E-state index in [9.17, 15) is 9.59 Å². The van der Waals surface area contributed by atoms with Crippen molar-refractivity contribution in [3.8, 4) is 5.88 Å². The first kappa shape index (κ1) is 17.6. The lowest BCUT2D eigenvalue weighted by Gasteiger charge is -2.12. The number of nitrogens with zero attached hydrogens (tertiary/aromatic N) is 3. The molecule has 1 aromatic carbocycles. The maximum atomic E-state index is 12.3. The van der Waals surface area contributed by atoms with Crippen LogP contribution in [0.5, 0.6) is 5.88 Å². The predicted octanol–water partition coefficient (Wildman–Crippen LogP) is 2.45. The van der Waals surface area contributed by atoms with Crippen LogP contribution in [0.2, 0.25) is 0 Å². The number of carbonyl (C=O) groups is 2. The highest BCUT2D eigenvalue weighted by Crippen LogP contribution is 2.20. The zero-order valence-corrected chi connectivity index (χ0v) is 14.5. The number of pyridine rings is 1. The van der Waals surface area contributed by atoms with Crippen LogP contribution in [0.3, 0.4) is 0 Å². The summed E-state index contributed by atoms with van der Waals surface area (Å²) in [5, 5.41) is 8.54. The molecule has 0 saturated carbocycles. The van der Waals surface area contributed by atoms with Crippen molar-refractivity contribution < 1.29 is 14.3 Å². The second kappa shape index (κ2) is 8.24. The molecule has 0 fully saturated rings. The number of ether oxygens (including phenoxy) is 1. The Morgan fingerprint density at radius 1 is 1.15 bits per heavy atom. The second-order valence-corrected chi connectivity index (χ2v) is 5.79. The van der Waals surface area contributed by atoms with Gasteiger partial charge in [-0.1, -0.05) is 30.3 Å². The largest absolute Gasteiger partial charge is 0.480 e. The third-order valence-electron chi connectivity index (χ3n) is 4.00. The van der Waals surface area contributed by atoms with Crippen molar-refractivity contribution in [2.75, 3.05) is 19.0 Å².